The fourth-order valence-corrected chi connectivity index (χ4v) is 3.66. The Labute approximate surface area is 160 Å². The molecule has 138 valence electrons. The van der Waals surface area contributed by atoms with Crippen LogP contribution in [0.1, 0.15) is 21.5 Å². The molecule has 2 aromatic rings. The standard InChI is InChI=1S/C21H27N3OS/c1-23-10-12-24(13-11-23)15-18-4-3-5-20(14-18)22-21(25)19-8-6-17(7-9-19)16-26-2/h3-9,14H,10-13,15-16H2,1-2H3,(H,22,25). The van der Waals surface area contributed by atoms with Crippen molar-refractivity contribution >= 4 is 23.4 Å². The van der Waals surface area contributed by atoms with Crippen molar-refractivity contribution < 1.29 is 4.79 Å². The lowest BCUT2D eigenvalue weighted by molar-refractivity contribution is 0.102. The van der Waals surface area contributed by atoms with Crippen molar-refractivity contribution in [3.8, 4) is 0 Å². The van der Waals surface area contributed by atoms with Gasteiger partial charge in [-0.05, 0) is 48.7 Å². The summed E-state index contributed by atoms with van der Waals surface area (Å²) in [6.45, 7) is 5.35. The van der Waals surface area contributed by atoms with E-state index in [0.717, 1.165) is 44.2 Å². The van der Waals surface area contributed by atoms with Gasteiger partial charge in [0, 0.05) is 49.7 Å². The number of nitrogens with one attached hydrogen (secondary N) is 1. The summed E-state index contributed by atoms with van der Waals surface area (Å²) in [7, 11) is 2.17. The van der Waals surface area contributed by atoms with E-state index in [4.69, 9.17) is 0 Å². The van der Waals surface area contributed by atoms with E-state index in [2.05, 4.69) is 40.6 Å². The molecule has 0 radical (unpaired) electrons. The van der Waals surface area contributed by atoms with Gasteiger partial charge >= 0.3 is 0 Å². The fraction of sp³-hybridized carbons (Fsp3) is 0.381. The molecule has 0 spiro atoms. The topological polar surface area (TPSA) is 35.6 Å². The van der Waals surface area contributed by atoms with Gasteiger partial charge in [0.1, 0.15) is 0 Å². The second kappa shape index (κ2) is 9.21. The molecule has 26 heavy (non-hydrogen) atoms. The number of amides is 1. The van der Waals surface area contributed by atoms with Gasteiger partial charge in [0.15, 0.2) is 0 Å². The molecule has 1 N–H and O–H groups in total. The van der Waals surface area contributed by atoms with Crippen molar-refractivity contribution in [1.82, 2.24) is 9.80 Å². The van der Waals surface area contributed by atoms with Crippen molar-refractivity contribution in [2.24, 2.45) is 0 Å². The van der Waals surface area contributed by atoms with Gasteiger partial charge in [0.2, 0.25) is 0 Å². The SMILES string of the molecule is CSCc1ccc(C(=O)Nc2cccc(CN3CCN(C)CC3)c2)cc1. The molecule has 1 amide bonds. The minimum absolute atomic E-state index is 0.0579. The van der Waals surface area contributed by atoms with Gasteiger partial charge in [-0.3, -0.25) is 9.69 Å². The highest BCUT2D eigenvalue weighted by Crippen LogP contribution is 2.16. The van der Waals surface area contributed by atoms with E-state index in [-0.39, 0.29) is 5.91 Å². The summed E-state index contributed by atoms with van der Waals surface area (Å²) in [6.07, 6.45) is 2.08. The lowest BCUT2D eigenvalue weighted by atomic mass is 10.1. The zero-order chi connectivity index (χ0) is 18.4. The van der Waals surface area contributed by atoms with Gasteiger partial charge in [-0.1, -0.05) is 24.3 Å². The van der Waals surface area contributed by atoms with Gasteiger partial charge < -0.3 is 10.2 Å². The van der Waals surface area contributed by atoms with Gasteiger partial charge in [0.25, 0.3) is 5.91 Å². The van der Waals surface area contributed by atoms with Crippen LogP contribution in [-0.2, 0) is 12.3 Å². The van der Waals surface area contributed by atoms with Crippen LogP contribution in [-0.4, -0.2) is 55.2 Å². The average molecular weight is 370 g/mol. The molecule has 5 heteroatoms. The number of carbonyl (C=O) groups is 1. The number of hydrogen-bond donors (Lipinski definition) is 1. The Balaban J connectivity index is 1.60. The van der Waals surface area contributed by atoms with Gasteiger partial charge in [-0.25, -0.2) is 0 Å². The second-order valence-corrected chi connectivity index (χ2v) is 7.73. The predicted molar refractivity (Wildman–Crippen MR) is 111 cm³/mol. The zero-order valence-corrected chi connectivity index (χ0v) is 16.4. The number of carbonyl (C=O) groups excluding carboxylic acids is 1. The Morgan fingerprint density at radius 1 is 1.04 bits per heavy atom. The third kappa shape index (κ3) is 5.34. The summed E-state index contributed by atoms with van der Waals surface area (Å²) in [5, 5.41) is 3.02. The summed E-state index contributed by atoms with van der Waals surface area (Å²) >= 11 is 1.78. The van der Waals surface area contributed by atoms with Crippen molar-refractivity contribution in [3.63, 3.8) is 0 Å². The number of anilines is 1. The van der Waals surface area contributed by atoms with Gasteiger partial charge in [-0.2, -0.15) is 11.8 Å². The molecule has 1 heterocycles. The lowest BCUT2D eigenvalue weighted by Gasteiger charge is -2.32. The van der Waals surface area contributed by atoms with E-state index in [0.29, 0.717) is 5.56 Å². The van der Waals surface area contributed by atoms with Crippen LogP contribution >= 0.6 is 11.8 Å². The molecule has 1 aliphatic rings. The number of benzene rings is 2. The molecular weight excluding hydrogens is 342 g/mol. The molecule has 0 bridgehead atoms. The van der Waals surface area contributed by atoms with E-state index in [1.807, 2.05) is 36.4 Å². The highest BCUT2D eigenvalue weighted by molar-refractivity contribution is 7.97. The van der Waals surface area contributed by atoms with Crippen LogP contribution in [0.5, 0.6) is 0 Å². The number of thioether (sulfide) groups is 1. The number of rotatable bonds is 6. The maximum Gasteiger partial charge on any atom is 0.255 e. The normalized spacial score (nSPS) is 15.8. The number of hydrogen-bond acceptors (Lipinski definition) is 4. The molecule has 0 aromatic heterocycles. The van der Waals surface area contributed by atoms with Crippen LogP contribution in [0.3, 0.4) is 0 Å². The van der Waals surface area contributed by atoms with Gasteiger partial charge in [0.05, 0.1) is 0 Å². The summed E-state index contributed by atoms with van der Waals surface area (Å²) in [5.41, 5.74) is 4.03. The Bertz CT molecular complexity index is 724. The molecule has 1 saturated heterocycles. The smallest absolute Gasteiger partial charge is 0.255 e. The molecule has 0 unspecified atom stereocenters. The first kappa shape index (κ1) is 19.0. The molecule has 3 rings (SSSR count). The first-order valence-electron chi connectivity index (χ1n) is 9.03. The monoisotopic (exact) mass is 369 g/mol. The molecule has 0 saturated carbocycles. The van der Waals surface area contributed by atoms with E-state index in [9.17, 15) is 4.79 Å². The van der Waals surface area contributed by atoms with Crippen LogP contribution in [0.25, 0.3) is 0 Å². The minimum atomic E-state index is -0.0579. The van der Waals surface area contributed by atoms with Crippen LogP contribution in [0.2, 0.25) is 0 Å². The highest BCUT2D eigenvalue weighted by Gasteiger charge is 2.14. The molecule has 1 aliphatic heterocycles. The summed E-state index contributed by atoms with van der Waals surface area (Å²) < 4.78 is 0. The predicted octanol–water partition coefficient (Wildman–Crippen LogP) is 3.55. The third-order valence-corrected chi connectivity index (χ3v) is 5.34. The Hall–Kier alpha value is -1.82. The maximum atomic E-state index is 12.5. The summed E-state index contributed by atoms with van der Waals surface area (Å²) in [6, 6.07) is 16.0. The number of piperazine rings is 1. The van der Waals surface area contributed by atoms with E-state index in [1.165, 1.54) is 11.1 Å². The Morgan fingerprint density at radius 3 is 2.46 bits per heavy atom. The molecule has 1 fully saturated rings. The third-order valence-electron chi connectivity index (χ3n) is 4.71. The van der Waals surface area contributed by atoms with Crippen LogP contribution in [0.15, 0.2) is 48.5 Å². The summed E-state index contributed by atoms with van der Waals surface area (Å²) in [4.78, 5) is 17.3. The maximum absolute atomic E-state index is 12.5. The summed E-state index contributed by atoms with van der Waals surface area (Å²) in [5.74, 6) is 0.911. The van der Waals surface area contributed by atoms with E-state index in [1.54, 1.807) is 11.8 Å². The van der Waals surface area contributed by atoms with Gasteiger partial charge in [-0.15, -0.1) is 0 Å². The molecular formula is C21H27N3OS. The molecule has 4 nitrogen and oxygen atoms in total. The quantitative estimate of drug-likeness (QED) is 0.845. The van der Waals surface area contributed by atoms with E-state index < -0.39 is 0 Å². The molecule has 0 atom stereocenters. The highest BCUT2D eigenvalue weighted by atomic mass is 32.2. The molecule has 0 aliphatic carbocycles. The van der Waals surface area contributed by atoms with Crippen molar-refractivity contribution in [2.75, 3.05) is 44.8 Å². The van der Waals surface area contributed by atoms with Crippen LogP contribution in [0, 0.1) is 0 Å². The van der Waals surface area contributed by atoms with Crippen LogP contribution < -0.4 is 5.32 Å². The Morgan fingerprint density at radius 2 is 1.77 bits per heavy atom. The van der Waals surface area contributed by atoms with Crippen LogP contribution in [0.4, 0.5) is 5.69 Å². The Kier molecular flexibility index (Phi) is 6.72. The van der Waals surface area contributed by atoms with E-state index >= 15 is 0 Å². The zero-order valence-electron chi connectivity index (χ0n) is 15.6. The minimum Gasteiger partial charge on any atom is -0.322 e. The lowest BCUT2D eigenvalue weighted by Crippen LogP contribution is -2.43. The number of likely N-dealkylation sites (N-methyl/N-ethyl adjacent to an activating group) is 1. The average Bonchev–Trinajstić information content (AvgIpc) is 2.65. The molecule has 2 aromatic carbocycles. The van der Waals surface area contributed by atoms with Crippen molar-refractivity contribution in [1.29, 1.82) is 0 Å². The fourth-order valence-electron chi connectivity index (χ4n) is 3.13. The van der Waals surface area contributed by atoms with Crippen molar-refractivity contribution in [3.05, 3.63) is 65.2 Å². The van der Waals surface area contributed by atoms with Crippen molar-refractivity contribution in [2.45, 2.75) is 12.3 Å². The largest absolute Gasteiger partial charge is 0.322 e. The first-order chi connectivity index (χ1) is 12.6. The second-order valence-electron chi connectivity index (χ2n) is 6.86. The number of nitrogens with zero attached hydrogens (tertiary/aromatic N) is 2. The first-order valence-corrected chi connectivity index (χ1v) is 10.4.